The van der Waals surface area contributed by atoms with E-state index in [1.165, 1.54) is 6.07 Å². The predicted octanol–water partition coefficient (Wildman–Crippen LogP) is 2.77. The summed E-state index contributed by atoms with van der Waals surface area (Å²) in [6, 6.07) is 3.25. The molecule has 0 radical (unpaired) electrons. The predicted molar refractivity (Wildman–Crippen MR) is 109 cm³/mol. The Bertz CT molecular complexity index is 866. The summed E-state index contributed by atoms with van der Waals surface area (Å²) in [6.07, 6.45) is 6.18. The Kier molecular flexibility index (Phi) is 5.16. The molecule has 162 valence electrons. The van der Waals surface area contributed by atoms with Gasteiger partial charge in [-0.1, -0.05) is 6.08 Å². The lowest BCUT2D eigenvalue weighted by atomic mass is 9.77. The summed E-state index contributed by atoms with van der Waals surface area (Å²) in [5.41, 5.74) is 7.76. The van der Waals surface area contributed by atoms with Crippen LogP contribution in [-0.4, -0.2) is 60.6 Å². The topological polar surface area (TPSA) is 58.8 Å². The molecule has 0 bridgehead atoms. The normalized spacial score (nSPS) is 31.1. The highest BCUT2D eigenvalue weighted by atomic mass is 19.1. The van der Waals surface area contributed by atoms with Gasteiger partial charge in [-0.2, -0.15) is 0 Å². The average Bonchev–Trinajstić information content (AvgIpc) is 3.52. The summed E-state index contributed by atoms with van der Waals surface area (Å²) >= 11 is 0. The quantitative estimate of drug-likeness (QED) is 0.822. The second kappa shape index (κ2) is 7.70. The summed E-state index contributed by atoms with van der Waals surface area (Å²) in [7, 11) is 0. The Balaban J connectivity index is 1.16. The molecular formula is C23H29F2N3O2. The van der Waals surface area contributed by atoms with Crippen LogP contribution in [0.3, 0.4) is 0 Å². The number of carbonyl (C=O) groups excluding carboxylic acids is 1. The molecule has 0 saturated carbocycles. The Hall–Kier alpha value is -1.83. The molecule has 2 N–H and O–H groups in total. The van der Waals surface area contributed by atoms with E-state index in [0.29, 0.717) is 13.0 Å². The van der Waals surface area contributed by atoms with Crippen LogP contribution < -0.4 is 5.73 Å². The largest absolute Gasteiger partial charge is 0.370 e. The second-order valence-corrected chi connectivity index (χ2v) is 9.42. The van der Waals surface area contributed by atoms with Crippen LogP contribution in [0.5, 0.6) is 0 Å². The molecule has 30 heavy (non-hydrogen) atoms. The van der Waals surface area contributed by atoms with Crippen LogP contribution in [0.25, 0.3) is 0 Å². The van der Waals surface area contributed by atoms with E-state index in [4.69, 9.17) is 10.5 Å². The van der Waals surface area contributed by atoms with Gasteiger partial charge in [-0.15, -0.1) is 0 Å². The number of halogens is 2. The minimum atomic E-state index is -0.612. The number of benzene rings is 1. The van der Waals surface area contributed by atoms with Crippen LogP contribution in [0, 0.1) is 17.0 Å². The van der Waals surface area contributed by atoms with Gasteiger partial charge in [0, 0.05) is 36.3 Å². The zero-order valence-corrected chi connectivity index (χ0v) is 17.2. The van der Waals surface area contributed by atoms with Crippen LogP contribution in [0.1, 0.15) is 43.8 Å². The van der Waals surface area contributed by atoms with E-state index in [2.05, 4.69) is 4.90 Å². The van der Waals surface area contributed by atoms with E-state index < -0.39 is 17.7 Å². The maximum Gasteiger partial charge on any atom is 0.249 e. The van der Waals surface area contributed by atoms with E-state index in [9.17, 15) is 13.6 Å². The average molecular weight is 418 g/mol. The lowest BCUT2D eigenvalue weighted by Gasteiger charge is -2.45. The molecule has 3 atom stereocenters. The fraction of sp³-hybridized carbons (Fsp3) is 0.609. The van der Waals surface area contributed by atoms with Gasteiger partial charge in [0.25, 0.3) is 0 Å². The number of allylic oxidation sites excluding steroid dienone is 1. The van der Waals surface area contributed by atoms with Crippen LogP contribution >= 0.6 is 0 Å². The van der Waals surface area contributed by atoms with Crippen molar-refractivity contribution in [2.45, 2.75) is 50.3 Å². The highest BCUT2D eigenvalue weighted by Crippen LogP contribution is 2.42. The van der Waals surface area contributed by atoms with Crippen molar-refractivity contribution in [2.75, 3.05) is 32.8 Å². The van der Waals surface area contributed by atoms with E-state index >= 15 is 0 Å². The number of piperidine rings is 1. The van der Waals surface area contributed by atoms with Gasteiger partial charge in [0.1, 0.15) is 17.7 Å². The van der Waals surface area contributed by atoms with Gasteiger partial charge in [-0.05, 0) is 68.8 Å². The van der Waals surface area contributed by atoms with Gasteiger partial charge < -0.3 is 15.4 Å². The van der Waals surface area contributed by atoms with E-state index in [-0.39, 0.29) is 29.0 Å². The number of ether oxygens (including phenoxy) is 1. The van der Waals surface area contributed by atoms with Crippen molar-refractivity contribution in [3.05, 3.63) is 47.0 Å². The Morgan fingerprint density at radius 1 is 1.17 bits per heavy atom. The van der Waals surface area contributed by atoms with Crippen LogP contribution in [0.4, 0.5) is 8.78 Å². The summed E-state index contributed by atoms with van der Waals surface area (Å²) in [5.74, 6) is -0.721. The van der Waals surface area contributed by atoms with Crippen LogP contribution in [0.2, 0.25) is 0 Å². The lowest BCUT2D eigenvalue weighted by molar-refractivity contribution is -0.126. The minimum Gasteiger partial charge on any atom is -0.370 e. The number of nitrogens with two attached hydrogens (primary N) is 1. The van der Waals surface area contributed by atoms with Crippen molar-refractivity contribution < 1.29 is 18.3 Å². The number of rotatable bonds is 3. The zero-order chi connectivity index (χ0) is 20.9. The number of hydrogen-bond donors (Lipinski definition) is 1. The monoisotopic (exact) mass is 417 g/mol. The lowest BCUT2D eigenvalue weighted by Crippen LogP contribution is -2.53. The van der Waals surface area contributed by atoms with E-state index in [1.807, 2.05) is 11.0 Å². The fourth-order valence-electron chi connectivity index (χ4n) is 5.46. The van der Waals surface area contributed by atoms with E-state index in [0.717, 1.165) is 69.6 Å². The SMILES string of the molecule is N[C@H]1C[C@@H](N2CCC3(CCN(C(=O)C4=CC4)C3)CC2)CO[C@@H]1c1cc(F)ccc1F. The first kappa shape index (κ1) is 20.1. The molecule has 0 unspecified atom stereocenters. The first-order valence-corrected chi connectivity index (χ1v) is 11.0. The fourth-order valence-corrected chi connectivity index (χ4v) is 5.46. The van der Waals surface area contributed by atoms with Crippen molar-refractivity contribution >= 4 is 5.91 Å². The van der Waals surface area contributed by atoms with E-state index in [1.54, 1.807) is 0 Å². The van der Waals surface area contributed by atoms with Crippen molar-refractivity contribution in [1.82, 2.24) is 9.80 Å². The van der Waals surface area contributed by atoms with Crippen LogP contribution in [0.15, 0.2) is 29.8 Å². The van der Waals surface area contributed by atoms with Gasteiger partial charge in [0.15, 0.2) is 0 Å². The molecule has 3 heterocycles. The molecule has 3 saturated heterocycles. The molecule has 1 amide bonds. The Morgan fingerprint density at radius 3 is 2.60 bits per heavy atom. The molecule has 1 aromatic rings. The van der Waals surface area contributed by atoms with Crippen LogP contribution in [-0.2, 0) is 9.53 Å². The highest BCUT2D eigenvalue weighted by Gasteiger charge is 2.44. The maximum absolute atomic E-state index is 14.1. The second-order valence-electron chi connectivity index (χ2n) is 9.42. The molecular weight excluding hydrogens is 388 g/mol. The standard InChI is InChI=1S/C23H29F2N3O2/c24-16-3-4-19(25)18(11-16)21-20(26)12-17(13-30-21)27-8-5-23(6-9-27)7-10-28(14-23)22(29)15-1-2-15/h1,3-4,11,17,20-21H,2,5-10,12-14,26H2/t17-,20+,21-/m1/s1. The molecule has 7 heteroatoms. The Morgan fingerprint density at radius 2 is 1.90 bits per heavy atom. The first-order valence-electron chi connectivity index (χ1n) is 11.0. The van der Waals surface area contributed by atoms with Crippen molar-refractivity contribution in [1.29, 1.82) is 0 Å². The van der Waals surface area contributed by atoms with Gasteiger partial charge >= 0.3 is 0 Å². The molecule has 4 aliphatic rings. The third kappa shape index (κ3) is 3.79. The number of carbonyl (C=O) groups is 1. The van der Waals surface area contributed by atoms with Gasteiger partial charge in [-0.3, -0.25) is 9.69 Å². The summed E-state index contributed by atoms with van der Waals surface area (Å²) in [6.45, 7) is 4.14. The summed E-state index contributed by atoms with van der Waals surface area (Å²) < 4.78 is 33.7. The maximum atomic E-state index is 14.1. The number of nitrogens with zero attached hydrogens (tertiary/aromatic N) is 2. The van der Waals surface area contributed by atoms with Crippen molar-refractivity contribution in [2.24, 2.45) is 11.1 Å². The summed E-state index contributed by atoms with van der Waals surface area (Å²) in [4.78, 5) is 16.8. The highest BCUT2D eigenvalue weighted by molar-refractivity contribution is 5.97. The first-order chi connectivity index (χ1) is 14.4. The third-order valence-corrected chi connectivity index (χ3v) is 7.45. The van der Waals surface area contributed by atoms with Gasteiger partial charge in [0.05, 0.1) is 6.61 Å². The van der Waals surface area contributed by atoms with Gasteiger partial charge in [-0.25, -0.2) is 8.78 Å². The number of hydrogen-bond acceptors (Lipinski definition) is 4. The molecule has 3 aliphatic heterocycles. The smallest absolute Gasteiger partial charge is 0.249 e. The molecule has 0 aromatic heterocycles. The summed E-state index contributed by atoms with van der Waals surface area (Å²) in [5, 5.41) is 0. The third-order valence-electron chi connectivity index (χ3n) is 7.45. The van der Waals surface area contributed by atoms with Crippen molar-refractivity contribution in [3.8, 4) is 0 Å². The minimum absolute atomic E-state index is 0.195. The van der Waals surface area contributed by atoms with Gasteiger partial charge in [0.2, 0.25) is 5.91 Å². The number of likely N-dealkylation sites (tertiary alicyclic amines) is 2. The molecule has 1 aromatic carbocycles. The number of amides is 1. The molecule has 3 fully saturated rings. The van der Waals surface area contributed by atoms with Crippen molar-refractivity contribution in [3.63, 3.8) is 0 Å². The zero-order valence-electron chi connectivity index (χ0n) is 17.2. The molecule has 1 spiro atoms. The molecule has 5 rings (SSSR count). The molecule has 1 aliphatic carbocycles. The Labute approximate surface area is 175 Å². The molecule has 5 nitrogen and oxygen atoms in total.